The largest absolute Gasteiger partial charge is 0.435 e. The van der Waals surface area contributed by atoms with E-state index in [-0.39, 0.29) is 5.97 Å². The standard InChI is InChI=1S/C11H9NO2/c1-9(13)14-7-6-10-2-4-11(8-12)5-3-10/h2-7H,1H3/b7-6+. The van der Waals surface area contributed by atoms with Crippen molar-refractivity contribution in [1.82, 2.24) is 0 Å². The van der Waals surface area contributed by atoms with Gasteiger partial charge >= 0.3 is 5.97 Å². The highest BCUT2D eigenvalue weighted by atomic mass is 16.5. The molecule has 0 aliphatic rings. The van der Waals surface area contributed by atoms with Gasteiger partial charge in [0.15, 0.2) is 0 Å². The van der Waals surface area contributed by atoms with Gasteiger partial charge in [-0.1, -0.05) is 12.1 Å². The Bertz CT molecular complexity index is 385. The van der Waals surface area contributed by atoms with Crippen LogP contribution in [0.15, 0.2) is 30.5 Å². The predicted octanol–water partition coefficient (Wildman–Crippen LogP) is 2.09. The van der Waals surface area contributed by atoms with E-state index in [1.165, 1.54) is 13.2 Å². The number of nitriles is 1. The summed E-state index contributed by atoms with van der Waals surface area (Å²) in [6, 6.07) is 8.98. The first kappa shape index (κ1) is 10.0. The van der Waals surface area contributed by atoms with Gasteiger partial charge in [-0.3, -0.25) is 4.79 Å². The smallest absolute Gasteiger partial charge is 0.307 e. The van der Waals surface area contributed by atoms with Gasteiger partial charge in [-0.05, 0) is 23.8 Å². The lowest BCUT2D eigenvalue weighted by atomic mass is 10.1. The number of rotatable bonds is 2. The fourth-order valence-electron chi connectivity index (χ4n) is 0.877. The van der Waals surface area contributed by atoms with Gasteiger partial charge in [0.25, 0.3) is 0 Å². The van der Waals surface area contributed by atoms with E-state index in [1.54, 1.807) is 30.3 Å². The van der Waals surface area contributed by atoms with Crippen LogP contribution in [0.25, 0.3) is 6.08 Å². The van der Waals surface area contributed by atoms with Crippen LogP contribution in [0.5, 0.6) is 0 Å². The van der Waals surface area contributed by atoms with Crippen LogP contribution in [0, 0.1) is 11.3 Å². The van der Waals surface area contributed by atoms with Crippen molar-refractivity contribution in [3.8, 4) is 6.07 Å². The molecular formula is C11H9NO2. The molecule has 0 aliphatic carbocycles. The number of ether oxygens (including phenoxy) is 1. The Morgan fingerprint density at radius 2 is 2.07 bits per heavy atom. The molecule has 0 heterocycles. The lowest BCUT2D eigenvalue weighted by molar-refractivity contribution is -0.135. The molecule has 0 unspecified atom stereocenters. The minimum atomic E-state index is -0.352. The molecule has 0 amide bonds. The van der Waals surface area contributed by atoms with Gasteiger partial charge in [0, 0.05) is 6.92 Å². The van der Waals surface area contributed by atoms with Gasteiger partial charge in [-0.2, -0.15) is 5.26 Å². The third kappa shape index (κ3) is 3.11. The van der Waals surface area contributed by atoms with E-state index in [9.17, 15) is 4.79 Å². The lowest BCUT2D eigenvalue weighted by Crippen LogP contribution is -1.89. The molecule has 0 saturated carbocycles. The Labute approximate surface area is 82.2 Å². The van der Waals surface area contributed by atoms with Gasteiger partial charge in [0.05, 0.1) is 17.9 Å². The Balaban J connectivity index is 2.65. The third-order valence-electron chi connectivity index (χ3n) is 1.53. The Hall–Kier alpha value is -2.08. The van der Waals surface area contributed by atoms with Gasteiger partial charge < -0.3 is 4.74 Å². The molecule has 0 radical (unpaired) electrons. The van der Waals surface area contributed by atoms with E-state index in [4.69, 9.17) is 5.26 Å². The van der Waals surface area contributed by atoms with E-state index >= 15 is 0 Å². The molecule has 70 valence electrons. The second-order valence-electron chi connectivity index (χ2n) is 2.65. The van der Waals surface area contributed by atoms with Crippen LogP contribution in [0.2, 0.25) is 0 Å². The summed E-state index contributed by atoms with van der Waals surface area (Å²) >= 11 is 0. The van der Waals surface area contributed by atoms with Gasteiger partial charge in [-0.25, -0.2) is 0 Å². The highest BCUT2D eigenvalue weighted by Gasteiger charge is 1.90. The maximum atomic E-state index is 10.4. The SMILES string of the molecule is CC(=O)O/C=C/c1ccc(C#N)cc1. The quantitative estimate of drug-likeness (QED) is 0.526. The maximum absolute atomic E-state index is 10.4. The second kappa shape index (κ2) is 4.83. The average molecular weight is 187 g/mol. The van der Waals surface area contributed by atoms with E-state index in [0.29, 0.717) is 5.56 Å². The van der Waals surface area contributed by atoms with Gasteiger partial charge in [0.2, 0.25) is 0 Å². The molecule has 0 fully saturated rings. The van der Waals surface area contributed by atoms with Crippen molar-refractivity contribution in [2.75, 3.05) is 0 Å². The molecule has 0 atom stereocenters. The van der Waals surface area contributed by atoms with Crippen molar-refractivity contribution in [1.29, 1.82) is 5.26 Å². The Morgan fingerprint density at radius 3 is 2.57 bits per heavy atom. The molecule has 1 aromatic rings. The van der Waals surface area contributed by atoms with Crippen molar-refractivity contribution < 1.29 is 9.53 Å². The van der Waals surface area contributed by atoms with Crippen LogP contribution >= 0.6 is 0 Å². The number of nitrogens with zero attached hydrogens (tertiary/aromatic N) is 1. The summed E-state index contributed by atoms with van der Waals surface area (Å²) in [7, 11) is 0. The van der Waals surface area contributed by atoms with E-state index in [1.807, 2.05) is 6.07 Å². The molecule has 0 saturated heterocycles. The monoisotopic (exact) mass is 187 g/mol. The highest BCUT2D eigenvalue weighted by Crippen LogP contribution is 2.05. The molecular weight excluding hydrogens is 178 g/mol. The molecule has 0 spiro atoms. The summed E-state index contributed by atoms with van der Waals surface area (Å²) in [4.78, 5) is 10.4. The normalized spacial score (nSPS) is 9.71. The molecule has 0 aromatic heterocycles. The topological polar surface area (TPSA) is 50.1 Å². The van der Waals surface area contributed by atoms with Crippen molar-refractivity contribution in [2.45, 2.75) is 6.92 Å². The lowest BCUT2D eigenvalue weighted by Gasteiger charge is -1.93. The molecule has 1 rings (SSSR count). The second-order valence-corrected chi connectivity index (χ2v) is 2.65. The van der Waals surface area contributed by atoms with Crippen LogP contribution < -0.4 is 0 Å². The van der Waals surface area contributed by atoms with Crippen molar-refractivity contribution >= 4 is 12.0 Å². The van der Waals surface area contributed by atoms with Crippen molar-refractivity contribution in [3.63, 3.8) is 0 Å². The minimum Gasteiger partial charge on any atom is -0.435 e. The number of hydrogen-bond acceptors (Lipinski definition) is 3. The zero-order valence-electron chi connectivity index (χ0n) is 7.73. The Kier molecular flexibility index (Phi) is 3.45. The fourth-order valence-corrected chi connectivity index (χ4v) is 0.877. The number of benzene rings is 1. The van der Waals surface area contributed by atoms with Gasteiger partial charge in [0.1, 0.15) is 0 Å². The van der Waals surface area contributed by atoms with Crippen LogP contribution in [0.3, 0.4) is 0 Å². The first-order valence-corrected chi connectivity index (χ1v) is 4.06. The van der Waals surface area contributed by atoms with E-state index in [0.717, 1.165) is 5.56 Å². The summed E-state index contributed by atoms with van der Waals surface area (Å²) in [5, 5.41) is 8.54. The molecule has 14 heavy (non-hydrogen) atoms. The van der Waals surface area contributed by atoms with Crippen molar-refractivity contribution in [2.24, 2.45) is 0 Å². The summed E-state index contributed by atoms with van der Waals surface area (Å²) in [5.74, 6) is -0.352. The van der Waals surface area contributed by atoms with E-state index in [2.05, 4.69) is 4.74 Å². The molecule has 3 heteroatoms. The molecule has 0 aliphatic heterocycles. The summed E-state index contributed by atoms with van der Waals surface area (Å²) in [6.07, 6.45) is 2.98. The fraction of sp³-hybridized carbons (Fsp3) is 0.0909. The highest BCUT2D eigenvalue weighted by molar-refractivity contribution is 5.67. The zero-order valence-corrected chi connectivity index (χ0v) is 7.73. The predicted molar refractivity (Wildman–Crippen MR) is 52.0 cm³/mol. The molecule has 1 aromatic carbocycles. The minimum absolute atomic E-state index is 0.352. The number of carbonyl (C=O) groups excluding carboxylic acids is 1. The Morgan fingerprint density at radius 1 is 1.43 bits per heavy atom. The van der Waals surface area contributed by atoms with Crippen LogP contribution in [-0.4, -0.2) is 5.97 Å². The summed E-state index contributed by atoms with van der Waals surface area (Å²) in [6.45, 7) is 1.34. The average Bonchev–Trinajstić information content (AvgIpc) is 2.18. The first-order valence-electron chi connectivity index (χ1n) is 4.06. The van der Waals surface area contributed by atoms with E-state index < -0.39 is 0 Å². The summed E-state index contributed by atoms with van der Waals surface area (Å²) in [5.41, 5.74) is 1.49. The van der Waals surface area contributed by atoms with Crippen LogP contribution in [0.1, 0.15) is 18.1 Å². The number of esters is 1. The van der Waals surface area contributed by atoms with Crippen molar-refractivity contribution in [3.05, 3.63) is 41.7 Å². The first-order chi connectivity index (χ1) is 6.72. The summed E-state index contributed by atoms with van der Waals surface area (Å²) < 4.78 is 4.62. The molecule has 0 bridgehead atoms. The van der Waals surface area contributed by atoms with Crippen LogP contribution in [0.4, 0.5) is 0 Å². The molecule has 3 nitrogen and oxygen atoms in total. The zero-order chi connectivity index (χ0) is 10.4. The maximum Gasteiger partial charge on any atom is 0.307 e. The third-order valence-corrected chi connectivity index (χ3v) is 1.53. The van der Waals surface area contributed by atoms with Crippen LogP contribution in [-0.2, 0) is 9.53 Å². The van der Waals surface area contributed by atoms with Gasteiger partial charge in [-0.15, -0.1) is 0 Å². The molecule has 0 N–H and O–H groups in total. The number of carbonyl (C=O) groups is 1. The number of hydrogen-bond donors (Lipinski definition) is 0.